The van der Waals surface area contributed by atoms with Crippen LogP contribution >= 0.6 is 23.1 Å². The number of rotatable bonds is 6. The molecule has 1 aliphatic carbocycles. The molecule has 0 amide bonds. The average Bonchev–Trinajstić information content (AvgIpc) is 1.56. The van der Waals surface area contributed by atoms with Crippen LogP contribution in [0, 0.1) is 22.7 Å². The molecule has 3 aliphatic rings. The Balaban J connectivity index is 1.07. The molecule has 2 unspecified atom stereocenters. The number of aromatic nitrogens is 3. The normalized spacial score (nSPS) is 15.8. The van der Waals surface area contributed by atoms with Crippen molar-refractivity contribution in [3.8, 4) is 51.5 Å². The number of allylic oxidation sites excluding steroid dienone is 5. The van der Waals surface area contributed by atoms with E-state index < -0.39 is 0 Å². The summed E-state index contributed by atoms with van der Waals surface area (Å²) in [7, 11) is 0. The van der Waals surface area contributed by atoms with Crippen LogP contribution < -0.4 is 4.90 Å². The molecule has 0 spiro atoms. The minimum atomic E-state index is -0.293. The zero-order valence-electron chi connectivity index (χ0n) is 52.8. The minimum absolute atomic E-state index is 0.0784. The first-order valence-electron chi connectivity index (χ1n) is 33.2. The number of nitriles is 2. The summed E-state index contributed by atoms with van der Waals surface area (Å²) >= 11 is 3.56. The molecule has 2 aliphatic heterocycles. The summed E-state index contributed by atoms with van der Waals surface area (Å²) in [4.78, 5) is 4.68. The number of anilines is 2. The Morgan fingerprint density at radius 2 is 1.02 bits per heavy atom. The number of hydrogen-bond acceptors (Lipinski definition) is 5. The van der Waals surface area contributed by atoms with Gasteiger partial charge in [-0.3, -0.25) is 0 Å². The van der Waals surface area contributed by atoms with Crippen molar-refractivity contribution in [3.05, 3.63) is 307 Å². The zero-order chi connectivity index (χ0) is 64.3. The van der Waals surface area contributed by atoms with Crippen LogP contribution in [0.3, 0.4) is 0 Å². The van der Waals surface area contributed by atoms with E-state index in [0.29, 0.717) is 33.9 Å². The lowest BCUT2D eigenvalue weighted by Gasteiger charge is -2.34. The molecular weight excluding hydrogens is 1220 g/mol. The van der Waals surface area contributed by atoms with E-state index in [1.807, 2.05) is 0 Å². The number of para-hydroxylation sites is 3. The quantitative estimate of drug-likeness (QED) is 0.166. The summed E-state index contributed by atoms with van der Waals surface area (Å²) in [6, 6.07) is 93.9. The first kappa shape index (κ1) is 55.5. The monoisotopic (exact) mass is 1270 g/mol. The molecule has 8 heteroatoms. The predicted molar refractivity (Wildman–Crippen MR) is 409 cm³/mol. The van der Waals surface area contributed by atoms with Crippen LogP contribution in [0.1, 0.15) is 47.9 Å². The second-order valence-electron chi connectivity index (χ2n) is 25.9. The highest BCUT2D eigenvalue weighted by molar-refractivity contribution is 8.03. The van der Waals surface area contributed by atoms with Crippen LogP contribution in [0.25, 0.3) is 152 Å². The molecule has 6 nitrogen and oxygen atoms in total. The van der Waals surface area contributed by atoms with Gasteiger partial charge in [-0.2, -0.15) is 10.5 Å². The summed E-state index contributed by atoms with van der Waals surface area (Å²) in [5.74, 6) is -0.0784. The van der Waals surface area contributed by atoms with Crippen LogP contribution in [-0.2, 0) is 0 Å². The minimum Gasteiger partial charge on any atom is -0.330 e. The average molecular weight is 1270 g/mol. The van der Waals surface area contributed by atoms with Crippen molar-refractivity contribution >= 4 is 147 Å². The van der Waals surface area contributed by atoms with E-state index in [9.17, 15) is 10.5 Å². The molecule has 97 heavy (non-hydrogen) atoms. The number of fused-ring (bicyclic) bond motifs is 20. The van der Waals surface area contributed by atoms with Crippen LogP contribution in [0.5, 0.6) is 0 Å². The van der Waals surface area contributed by atoms with Gasteiger partial charge >= 0.3 is 0 Å². The molecule has 454 valence electrons. The van der Waals surface area contributed by atoms with Crippen LogP contribution in [-0.4, -0.2) is 19.7 Å². The summed E-state index contributed by atoms with van der Waals surface area (Å²) in [6.45, 7) is 7.05. The Hall–Kier alpha value is -11.9. The van der Waals surface area contributed by atoms with Gasteiger partial charge in [0.1, 0.15) is 23.3 Å². The van der Waals surface area contributed by atoms with E-state index in [2.05, 4.69) is 311 Å². The van der Waals surface area contributed by atoms with Crippen molar-refractivity contribution in [3.63, 3.8) is 0 Å². The fourth-order valence-electron chi connectivity index (χ4n) is 16.9. The van der Waals surface area contributed by atoms with E-state index in [1.165, 1.54) is 15.0 Å². The van der Waals surface area contributed by atoms with Crippen LogP contribution in [0.2, 0.25) is 0 Å². The summed E-state index contributed by atoms with van der Waals surface area (Å²) < 4.78 is 9.44. The molecule has 20 rings (SSSR count). The highest BCUT2D eigenvalue weighted by Gasteiger charge is 2.43. The summed E-state index contributed by atoms with van der Waals surface area (Å²) in [5.41, 5.74) is 17.5. The number of thiophene rings is 1. The smallest absolute Gasteiger partial charge is 0.104 e. The molecule has 0 saturated heterocycles. The number of thioether (sulfide) groups is 1. The second-order valence-corrected chi connectivity index (χ2v) is 28.3. The standard InChI is InChI=1S/C89H56N6S2/c1-52-21-17-22-53(2)96-88-57(52)45-46-69-66-44-43-56(60-34-18-25-54-23-3-5-27-58(54)60)49-79(66)95(86(69)88)85-73(51-91)82(92-74-37-12-7-29-62(74)63-30-8-13-38-75(63)92)84(72(50-90)83(85)93-76-39-14-9-31-64(76)65-32-10-15-40-77(65)93)94-78-41-20-36-68(61-35-19-26-55-24-4-6-28-59(55)61)81(78)71-48-47-70-67-33-11-16-42-80(67)97-89(70)87(71)94/h3-16,18-20,22-49,62,74H,1,17,21H2,2H3/b53-22-. The third-order valence-electron chi connectivity index (χ3n) is 21.0. The SMILES string of the molecule is C=C1CC/C=C(/C)Sc2c1ccc1c3ccc(-c4cccc5ccccc45)cc3n(-c3c(C#N)c(N4c5ccccc5C5C=CC=CC54)c(-n4c5cccc(-c6cccc7ccccc67)c5c5ccc6c7ccccc7sc6c54)c(C#N)c3-n3c4ccccc4c4ccccc43)c21. The van der Waals surface area contributed by atoms with E-state index >= 15 is 0 Å². The van der Waals surface area contributed by atoms with Gasteiger partial charge in [0, 0.05) is 64.3 Å². The van der Waals surface area contributed by atoms with Crippen molar-refractivity contribution in [1.82, 2.24) is 13.7 Å². The van der Waals surface area contributed by atoms with Gasteiger partial charge in [0.05, 0.1) is 66.6 Å². The van der Waals surface area contributed by atoms with E-state index in [-0.39, 0.29) is 12.0 Å². The zero-order valence-corrected chi connectivity index (χ0v) is 54.4. The molecule has 6 heterocycles. The van der Waals surface area contributed by atoms with E-state index in [4.69, 9.17) is 6.58 Å². The first-order chi connectivity index (χ1) is 47.9. The molecular formula is C89H56N6S2. The Bertz CT molecular complexity index is 6520. The molecule has 0 saturated carbocycles. The van der Waals surface area contributed by atoms with E-state index in [1.54, 1.807) is 23.1 Å². The van der Waals surface area contributed by atoms with Gasteiger partial charge in [-0.1, -0.05) is 255 Å². The topological polar surface area (TPSA) is 65.6 Å². The summed E-state index contributed by atoms with van der Waals surface area (Å²) in [5, 5.41) is 40.3. The van der Waals surface area contributed by atoms with Gasteiger partial charge in [0.15, 0.2) is 0 Å². The van der Waals surface area contributed by atoms with Crippen molar-refractivity contribution in [2.75, 3.05) is 4.90 Å². The third kappa shape index (κ3) is 7.88. The summed E-state index contributed by atoms with van der Waals surface area (Å²) in [6.07, 6.45) is 12.9. The van der Waals surface area contributed by atoms with Crippen molar-refractivity contribution in [2.45, 2.75) is 36.6 Å². The lowest BCUT2D eigenvalue weighted by atomic mass is 9.91. The predicted octanol–water partition coefficient (Wildman–Crippen LogP) is 24.3. The molecule has 0 N–H and O–H groups in total. The van der Waals surface area contributed by atoms with Gasteiger partial charge in [-0.05, 0) is 122 Å². The number of nitrogens with zero attached hydrogens (tertiary/aromatic N) is 6. The van der Waals surface area contributed by atoms with Gasteiger partial charge in [0.2, 0.25) is 0 Å². The molecule has 17 aromatic rings. The van der Waals surface area contributed by atoms with Gasteiger partial charge in [-0.25, -0.2) is 0 Å². The molecule has 0 radical (unpaired) electrons. The maximum atomic E-state index is 13.6. The Morgan fingerprint density at radius 1 is 0.454 bits per heavy atom. The molecule has 4 aromatic heterocycles. The third-order valence-corrected chi connectivity index (χ3v) is 23.3. The van der Waals surface area contributed by atoms with Crippen molar-refractivity contribution in [2.24, 2.45) is 0 Å². The Labute approximate surface area is 567 Å². The van der Waals surface area contributed by atoms with Crippen molar-refractivity contribution in [1.29, 1.82) is 10.5 Å². The van der Waals surface area contributed by atoms with E-state index in [0.717, 1.165) is 159 Å². The molecule has 0 bridgehead atoms. The molecule has 0 fully saturated rings. The van der Waals surface area contributed by atoms with Gasteiger partial charge in [0.25, 0.3) is 0 Å². The lowest BCUT2D eigenvalue weighted by Crippen LogP contribution is -2.31. The first-order valence-corrected chi connectivity index (χ1v) is 34.8. The highest BCUT2D eigenvalue weighted by atomic mass is 32.2. The van der Waals surface area contributed by atoms with Gasteiger partial charge < -0.3 is 18.6 Å². The Morgan fingerprint density at radius 3 is 1.80 bits per heavy atom. The van der Waals surface area contributed by atoms with Gasteiger partial charge in [-0.15, -0.1) is 11.3 Å². The van der Waals surface area contributed by atoms with Crippen LogP contribution in [0.4, 0.5) is 11.4 Å². The number of benzene rings is 13. The largest absolute Gasteiger partial charge is 0.330 e. The number of hydrogen-bond donors (Lipinski definition) is 0. The fourth-order valence-corrected chi connectivity index (χ4v) is 19.3. The Kier molecular flexibility index (Phi) is 12.2. The highest BCUT2D eigenvalue weighted by Crippen LogP contribution is 2.58. The maximum absolute atomic E-state index is 13.6. The molecule has 2 atom stereocenters. The van der Waals surface area contributed by atoms with Crippen LogP contribution in [0.15, 0.2) is 289 Å². The lowest BCUT2D eigenvalue weighted by molar-refractivity contribution is 0.742. The second kappa shape index (κ2) is 21.3. The molecule has 13 aromatic carbocycles. The maximum Gasteiger partial charge on any atom is 0.104 e. The van der Waals surface area contributed by atoms with Crippen molar-refractivity contribution < 1.29 is 0 Å². The fraction of sp³-hybridized carbons (Fsp3) is 0.0562.